The summed E-state index contributed by atoms with van der Waals surface area (Å²) in [6.07, 6.45) is 0. The van der Waals surface area contributed by atoms with Crippen molar-refractivity contribution in [1.29, 1.82) is 0 Å². The van der Waals surface area contributed by atoms with Gasteiger partial charge in [-0.15, -0.1) is 0 Å². The van der Waals surface area contributed by atoms with Crippen molar-refractivity contribution in [2.45, 2.75) is 57.8 Å². The lowest BCUT2D eigenvalue weighted by Crippen LogP contribution is -2.61. The lowest BCUT2D eigenvalue weighted by molar-refractivity contribution is 0.436. The summed E-state index contributed by atoms with van der Waals surface area (Å²) >= 11 is 0. The molecule has 5 heteroatoms. The highest BCUT2D eigenvalue weighted by Crippen LogP contribution is 2.63. The molecule has 0 saturated heterocycles. The Morgan fingerprint density at radius 1 is 0.375 bits per heavy atom. The fourth-order valence-electron chi connectivity index (χ4n) is 14.1. The molecule has 4 nitrogen and oxygen atoms in total. The maximum atomic E-state index is 6.91. The number of anilines is 6. The van der Waals surface area contributed by atoms with Crippen LogP contribution in [-0.4, -0.2) is 6.71 Å². The SMILES string of the molecule is CC(C)(C)c1ccc(N2c3cc4c(cc3B3c5cc(-c6ccccc6)ccc5N(c5ccc(C(C)(C)C)cc5-c5cccc6c5oc5ccccc56)c5cccc2c53)-c2ccccc2C42c3ccccc3Oc3ccccc32)cc1. The van der Waals surface area contributed by atoms with Crippen LogP contribution in [0.3, 0.4) is 0 Å². The summed E-state index contributed by atoms with van der Waals surface area (Å²) in [7, 11) is 0. The van der Waals surface area contributed by atoms with Crippen molar-refractivity contribution in [2.24, 2.45) is 0 Å². The number of nitrogens with zero attached hydrogens (tertiary/aromatic N) is 2. The predicted molar refractivity (Wildman–Crippen MR) is 333 cm³/mol. The first-order valence-electron chi connectivity index (χ1n) is 28.2. The molecule has 0 amide bonds. The molecule has 0 unspecified atom stereocenters. The summed E-state index contributed by atoms with van der Waals surface area (Å²) in [5.74, 6) is 1.77. The van der Waals surface area contributed by atoms with Gasteiger partial charge in [0.05, 0.1) is 11.1 Å². The average molecular weight is 1030 g/mol. The van der Waals surface area contributed by atoms with Gasteiger partial charge in [0, 0.05) is 61.5 Å². The third kappa shape index (κ3) is 6.58. The van der Waals surface area contributed by atoms with Gasteiger partial charge in [-0.25, -0.2) is 0 Å². The molecule has 11 aromatic carbocycles. The summed E-state index contributed by atoms with van der Waals surface area (Å²) in [6, 6.07) is 88.4. The zero-order valence-corrected chi connectivity index (χ0v) is 45.8. The van der Waals surface area contributed by atoms with E-state index in [1.807, 2.05) is 0 Å². The predicted octanol–water partition coefficient (Wildman–Crippen LogP) is 18.1. The Morgan fingerprint density at radius 2 is 0.975 bits per heavy atom. The van der Waals surface area contributed by atoms with Crippen LogP contribution in [0.2, 0.25) is 0 Å². The van der Waals surface area contributed by atoms with Crippen molar-refractivity contribution in [3.63, 3.8) is 0 Å². The molecule has 0 N–H and O–H groups in total. The van der Waals surface area contributed by atoms with Crippen LogP contribution in [0.25, 0.3) is 55.3 Å². The number of fused-ring (bicyclic) bond motifs is 16. The van der Waals surface area contributed by atoms with E-state index in [9.17, 15) is 0 Å². The third-order valence-corrected chi connectivity index (χ3v) is 17.9. The number of hydrogen-bond acceptors (Lipinski definition) is 4. The molecular formula is C75H57BN2O2. The second-order valence-corrected chi connectivity index (χ2v) is 24.4. The second-order valence-electron chi connectivity index (χ2n) is 24.4. The molecule has 4 aliphatic rings. The van der Waals surface area contributed by atoms with Gasteiger partial charge in [-0.05, 0) is 138 Å². The lowest BCUT2D eigenvalue weighted by Gasteiger charge is -2.45. The maximum absolute atomic E-state index is 6.91. The highest BCUT2D eigenvalue weighted by atomic mass is 16.5. The van der Waals surface area contributed by atoms with Gasteiger partial charge >= 0.3 is 0 Å². The standard InChI is InChI=1S/C75H57BN2O2/c1-73(2,3)48-35-38-50(39-36-48)77-65-29-19-30-66-71(65)76(62-44-55-51-22-10-12-26-57(51)75(60(55)45-67(62)77)58-27-13-16-32-69(58)79-70-33-17-14-28-59(70)75)61-42-47(46-20-8-7-9-21-46)34-40-64(61)78(66)63-41-37-49(74(4,5)6)43-56(63)54-25-18-24-53-52-23-11-15-31-68(52)80-72(53)54/h7-45H,1-6H3. The van der Waals surface area contributed by atoms with Crippen LogP contribution >= 0.6 is 0 Å². The van der Waals surface area contributed by atoms with Gasteiger partial charge in [-0.3, -0.25) is 0 Å². The Hall–Kier alpha value is -9.32. The molecule has 12 aromatic rings. The van der Waals surface area contributed by atoms with Crippen molar-refractivity contribution in [3.05, 3.63) is 270 Å². The molecule has 0 atom stereocenters. The molecule has 4 heterocycles. The quantitative estimate of drug-likeness (QED) is 0.164. The monoisotopic (exact) mass is 1030 g/mol. The largest absolute Gasteiger partial charge is 0.457 e. The summed E-state index contributed by atoms with van der Waals surface area (Å²) in [5.41, 5.74) is 26.1. The molecule has 1 aromatic heterocycles. The fraction of sp³-hybridized carbons (Fsp3) is 0.120. The average Bonchev–Trinajstić information content (AvgIpc) is 2.80. The molecule has 1 aliphatic carbocycles. The fourth-order valence-corrected chi connectivity index (χ4v) is 14.1. The van der Waals surface area contributed by atoms with Gasteiger partial charge in [0.1, 0.15) is 22.7 Å². The van der Waals surface area contributed by atoms with E-state index in [0.29, 0.717) is 0 Å². The Balaban J connectivity index is 1.02. The van der Waals surface area contributed by atoms with Crippen LogP contribution in [0.1, 0.15) is 74.9 Å². The number of rotatable bonds is 4. The van der Waals surface area contributed by atoms with Gasteiger partial charge in [0.2, 0.25) is 0 Å². The number of para-hydroxylation sites is 4. The van der Waals surface area contributed by atoms with Crippen molar-refractivity contribution >= 4 is 79.2 Å². The molecule has 0 radical (unpaired) electrons. The number of furan rings is 1. The number of ether oxygens (including phenoxy) is 1. The van der Waals surface area contributed by atoms with Gasteiger partial charge in [0.15, 0.2) is 0 Å². The van der Waals surface area contributed by atoms with Gasteiger partial charge in [0.25, 0.3) is 6.71 Å². The number of benzene rings is 11. The first-order valence-corrected chi connectivity index (χ1v) is 28.2. The summed E-state index contributed by atoms with van der Waals surface area (Å²) in [4.78, 5) is 5.15. The van der Waals surface area contributed by atoms with E-state index in [4.69, 9.17) is 9.15 Å². The van der Waals surface area contributed by atoms with E-state index < -0.39 is 5.41 Å². The van der Waals surface area contributed by atoms with Crippen molar-refractivity contribution in [1.82, 2.24) is 0 Å². The highest BCUT2D eigenvalue weighted by Gasteiger charge is 2.53. The van der Waals surface area contributed by atoms with Crippen molar-refractivity contribution in [2.75, 3.05) is 9.80 Å². The smallest absolute Gasteiger partial charge is 0.252 e. The van der Waals surface area contributed by atoms with E-state index in [2.05, 4.69) is 288 Å². The molecule has 16 rings (SSSR count). The topological polar surface area (TPSA) is 28.9 Å². The third-order valence-electron chi connectivity index (χ3n) is 17.9. The molecule has 0 fully saturated rings. The molecule has 1 spiro atoms. The molecule has 0 saturated carbocycles. The van der Waals surface area contributed by atoms with E-state index >= 15 is 0 Å². The maximum Gasteiger partial charge on any atom is 0.252 e. The molecular weight excluding hydrogens is 972 g/mol. The van der Waals surface area contributed by atoms with E-state index in [-0.39, 0.29) is 17.5 Å². The van der Waals surface area contributed by atoms with Gasteiger partial charge < -0.3 is 19.0 Å². The van der Waals surface area contributed by atoms with Crippen molar-refractivity contribution < 1.29 is 9.15 Å². The Labute approximate surface area is 468 Å². The Kier molecular flexibility index (Phi) is 9.85. The highest BCUT2D eigenvalue weighted by molar-refractivity contribution is 7.00. The minimum atomic E-state index is -0.643. The molecule has 382 valence electrons. The normalized spacial score (nSPS) is 14.2. The Morgan fingerprint density at radius 3 is 1.73 bits per heavy atom. The van der Waals surface area contributed by atoms with Crippen LogP contribution < -0.4 is 30.9 Å². The molecule has 0 bridgehead atoms. The molecule has 80 heavy (non-hydrogen) atoms. The van der Waals surface area contributed by atoms with E-state index in [1.54, 1.807) is 0 Å². The van der Waals surface area contributed by atoms with Crippen molar-refractivity contribution in [3.8, 4) is 44.9 Å². The van der Waals surface area contributed by atoms with Gasteiger partial charge in [-0.2, -0.15) is 0 Å². The first kappa shape index (κ1) is 46.8. The zero-order chi connectivity index (χ0) is 53.8. The zero-order valence-electron chi connectivity index (χ0n) is 45.8. The van der Waals surface area contributed by atoms with Crippen LogP contribution in [0.5, 0.6) is 11.5 Å². The van der Waals surface area contributed by atoms with Crippen LogP contribution in [0.15, 0.2) is 241 Å². The lowest BCUT2D eigenvalue weighted by atomic mass is 9.33. The summed E-state index contributed by atoms with van der Waals surface area (Å²) < 4.78 is 13.8. The molecule has 3 aliphatic heterocycles. The number of hydrogen-bond donors (Lipinski definition) is 0. The first-order chi connectivity index (χ1) is 38.9. The minimum absolute atomic E-state index is 0.0220. The van der Waals surface area contributed by atoms with E-state index in [1.165, 1.54) is 66.6 Å². The van der Waals surface area contributed by atoms with Crippen LogP contribution in [-0.2, 0) is 16.2 Å². The van der Waals surface area contributed by atoms with Crippen LogP contribution in [0, 0.1) is 0 Å². The van der Waals surface area contributed by atoms with Crippen LogP contribution in [0.4, 0.5) is 34.1 Å². The minimum Gasteiger partial charge on any atom is -0.457 e. The second kappa shape index (κ2) is 16.8. The van der Waals surface area contributed by atoms with E-state index in [0.717, 1.165) is 84.1 Å². The summed E-state index contributed by atoms with van der Waals surface area (Å²) in [5, 5.41) is 2.23. The van der Waals surface area contributed by atoms with Gasteiger partial charge in [-0.1, -0.05) is 211 Å². The summed E-state index contributed by atoms with van der Waals surface area (Å²) in [6.45, 7) is 13.7. The Bertz CT molecular complexity index is 4510.